The second kappa shape index (κ2) is 6.87. The van der Waals surface area contributed by atoms with Gasteiger partial charge in [0.05, 0.1) is 7.11 Å². The summed E-state index contributed by atoms with van der Waals surface area (Å²) in [7, 11) is 1.34. The van der Waals surface area contributed by atoms with Crippen molar-refractivity contribution in [1.29, 1.82) is 0 Å². The normalized spacial score (nSPS) is 22.1. The van der Waals surface area contributed by atoms with Gasteiger partial charge in [-0.05, 0) is 31.6 Å². The molecule has 1 saturated carbocycles. The van der Waals surface area contributed by atoms with Gasteiger partial charge in [0, 0.05) is 17.8 Å². The van der Waals surface area contributed by atoms with E-state index in [1.54, 1.807) is 0 Å². The largest absolute Gasteiger partial charge is 0.463 e. The number of ether oxygens (including phenoxy) is 1. The van der Waals surface area contributed by atoms with Gasteiger partial charge in [0.1, 0.15) is 5.82 Å². The number of anilines is 1. The molecule has 1 heterocycles. The molecule has 1 aliphatic rings. The Morgan fingerprint density at radius 1 is 1.33 bits per heavy atom. The monoisotopic (exact) mass is 291 g/mol. The summed E-state index contributed by atoms with van der Waals surface area (Å²) in [4.78, 5) is 20.0. The van der Waals surface area contributed by atoms with Gasteiger partial charge in [-0.25, -0.2) is 14.8 Å². The Hall–Kier alpha value is -1.65. The molecule has 5 nitrogen and oxygen atoms in total. The molecule has 1 aromatic rings. The lowest BCUT2D eigenvalue weighted by atomic mass is 9.78. The molecule has 116 valence electrons. The molecular formula is C16H25N3O2. The van der Waals surface area contributed by atoms with Crippen molar-refractivity contribution in [3.05, 3.63) is 17.6 Å². The van der Waals surface area contributed by atoms with E-state index in [0.29, 0.717) is 17.9 Å². The number of methoxy groups -OCH3 is 1. The lowest BCUT2D eigenvalue weighted by molar-refractivity contribution is 0.0586. The van der Waals surface area contributed by atoms with Gasteiger partial charge < -0.3 is 10.1 Å². The second-order valence-corrected chi connectivity index (χ2v) is 6.15. The van der Waals surface area contributed by atoms with E-state index in [2.05, 4.69) is 29.1 Å². The zero-order chi connectivity index (χ0) is 15.4. The molecule has 0 radical (unpaired) electrons. The summed E-state index contributed by atoms with van der Waals surface area (Å²) in [5, 5.41) is 3.51. The number of nitrogens with one attached hydrogen (secondary N) is 1. The van der Waals surface area contributed by atoms with Gasteiger partial charge >= 0.3 is 5.97 Å². The highest BCUT2D eigenvalue weighted by molar-refractivity contribution is 5.85. The number of carbonyl (C=O) groups excluding carboxylic acids is 1. The summed E-state index contributed by atoms with van der Waals surface area (Å²) in [6.07, 6.45) is 4.95. The molecule has 0 bridgehead atoms. The smallest absolute Gasteiger partial charge is 0.376 e. The molecule has 0 aromatic carbocycles. The SMILES string of the molecule is COC(=O)c1nc(C)cc(NC2CCCCC2C(C)C)n1. The van der Waals surface area contributed by atoms with Crippen LogP contribution in [0.1, 0.15) is 55.8 Å². The van der Waals surface area contributed by atoms with Crippen LogP contribution in [0.4, 0.5) is 5.82 Å². The van der Waals surface area contributed by atoms with Crippen molar-refractivity contribution in [2.75, 3.05) is 12.4 Å². The van der Waals surface area contributed by atoms with Gasteiger partial charge in [-0.1, -0.05) is 26.7 Å². The second-order valence-electron chi connectivity index (χ2n) is 6.15. The highest BCUT2D eigenvalue weighted by Gasteiger charge is 2.28. The predicted octanol–water partition coefficient (Wildman–Crippen LogP) is 3.20. The summed E-state index contributed by atoms with van der Waals surface area (Å²) in [6, 6.07) is 2.30. The molecule has 2 atom stereocenters. The minimum atomic E-state index is -0.495. The number of aromatic nitrogens is 2. The van der Waals surface area contributed by atoms with Crippen LogP contribution in [0, 0.1) is 18.8 Å². The maximum Gasteiger partial charge on any atom is 0.376 e. The van der Waals surface area contributed by atoms with Gasteiger partial charge in [0.15, 0.2) is 0 Å². The topological polar surface area (TPSA) is 64.1 Å². The number of carbonyl (C=O) groups is 1. The van der Waals surface area contributed by atoms with Crippen molar-refractivity contribution in [1.82, 2.24) is 9.97 Å². The number of esters is 1. The van der Waals surface area contributed by atoms with Crippen LogP contribution in [0.15, 0.2) is 6.07 Å². The summed E-state index contributed by atoms with van der Waals surface area (Å²) in [6.45, 7) is 6.41. The van der Waals surface area contributed by atoms with E-state index < -0.39 is 5.97 Å². The van der Waals surface area contributed by atoms with Crippen molar-refractivity contribution < 1.29 is 9.53 Å². The Morgan fingerprint density at radius 2 is 2.05 bits per heavy atom. The highest BCUT2D eigenvalue weighted by Crippen LogP contribution is 2.32. The summed E-state index contributed by atoms with van der Waals surface area (Å²) in [5.74, 6) is 1.64. The van der Waals surface area contributed by atoms with Gasteiger partial charge in [-0.15, -0.1) is 0 Å². The van der Waals surface area contributed by atoms with Crippen molar-refractivity contribution in [2.24, 2.45) is 11.8 Å². The van der Waals surface area contributed by atoms with Crippen LogP contribution in [-0.2, 0) is 4.74 Å². The van der Waals surface area contributed by atoms with Gasteiger partial charge in [0.2, 0.25) is 5.82 Å². The maximum absolute atomic E-state index is 11.6. The van der Waals surface area contributed by atoms with Crippen LogP contribution in [0.2, 0.25) is 0 Å². The molecule has 0 saturated heterocycles. The molecule has 0 spiro atoms. The average molecular weight is 291 g/mol. The quantitative estimate of drug-likeness (QED) is 0.863. The van der Waals surface area contributed by atoms with Crippen molar-refractivity contribution in [2.45, 2.75) is 52.5 Å². The van der Waals surface area contributed by atoms with E-state index in [0.717, 1.165) is 17.9 Å². The third-order valence-electron chi connectivity index (χ3n) is 4.23. The molecule has 1 aromatic heterocycles. The molecule has 1 N–H and O–H groups in total. The highest BCUT2D eigenvalue weighted by atomic mass is 16.5. The van der Waals surface area contributed by atoms with E-state index in [-0.39, 0.29) is 5.82 Å². The van der Waals surface area contributed by atoms with E-state index in [4.69, 9.17) is 4.74 Å². The molecule has 2 unspecified atom stereocenters. The van der Waals surface area contributed by atoms with Crippen LogP contribution in [0.3, 0.4) is 0 Å². The fourth-order valence-electron chi connectivity index (χ4n) is 3.15. The number of hydrogen-bond acceptors (Lipinski definition) is 5. The van der Waals surface area contributed by atoms with Crippen molar-refractivity contribution >= 4 is 11.8 Å². The molecule has 0 amide bonds. The van der Waals surface area contributed by atoms with Crippen LogP contribution < -0.4 is 5.32 Å². The maximum atomic E-state index is 11.6. The third-order valence-corrected chi connectivity index (χ3v) is 4.23. The first-order valence-electron chi connectivity index (χ1n) is 7.71. The first-order chi connectivity index (χ1) is 10.0. The molecule has 1 aliphatic carbocycles. The summed E-state index contributed by atoms with van der Waals surface area (Å²) >= 11 is 0. The Morgan fingerprint density at radius 3 is 2.71 bits per heavy atom. The Balaban J connectivity index is 2.18. The summed E-state index contributed by atoms with van der Waals surface area (Å²) in [5.41, 5.74) is 0.768. The first-order valence-corrected chi connectivity index (χ1v) is 7.71. The number of rotatable bonds is 4. The fourth-order valence-corrected chi connectivity index (χ4v) is 3.15. The summed E-state index contributed by atoms with van der Waals surface area (Å²) < 4.78 is 4.70. The molecule has 1 fully saturated rings. The van der Waals surface area contributed by atoms with E-state index in [9.17, 15) is 4.79 Å². The lowest BCUT2D eigenvalue weighted by Gasteiger charge is -2.35. The predicted molar refractivity (Wildman–Crippen MR) is 82.3 cm³/mol. The van der Waals surface area contributed by atoms with Crippen molar-refractivity contribution in [3.63, 3.8) is 0 Å². The number of aryl methyl sites for hydroxylation is 1. The van der Waals surface area contributed by atoms with Crippen LogP contribution in [0.25, 0.3) is 0 Å². The minimum Gasteiger partial charge on any atom is -0.463 e. The Bertz CT molecular complexity index is 502. The lowest BCUT2D eigenvalue weighted by Crippen LogP contribution is -2.35. The fraction of sp³-hybridized carbons (Fsp3) is 0.688. The zero-order valence-electron chi connectivity index (χ0n) is 13.3. The third kappa shape index (κ3) is 3.93. The van der Waals surface area contributed by atoms with Gasteiger partial charge in [0.25, 0.3) is 0 Å². The number of nitrogens with zero attached hydrogens (tertiary/aromatic N) is 2. The molecule has 21 heavy (non-hydrogen) atoms. The first kappa shape index (κ1) is 15.7. The Kier molecular flexibility index (Phi) is 5.15. The molecule has 2 rings (SSSR count). The standard InChI is InChI=1S/C16H25N3O2/c1-10(2)12-7-5-6-8-13(12)18-14-9-11(3)17-15(19-14)16(20)21-4/h9-10,12-13H,5-8H2,1-4H3,(H,17,18,19). The van der Waals surface area contributed by atoms with Gasteiger partial charge in [-0.3, -0.25) is 0 Å². The van der Waals surface area contributed by atoms with Gasteiger partial charge in [-0.2, -0.15) is 0 Å². The average Bonchev–Trinajstić information content (AvgIpc) is 2.46. The molecule has 5 heteroatoms. The minimum absolute atomic E-state index is 0.122. The number of hydrogen-bond donors (Lipinski definition) is 1. The Labute approximate surface area is 126 Å². The van der Waals surface area contributed by atoms with Crippen molar-refractivity contribution in [3.8, 4) is 0 Å². The molecular weight excluding hydrogens is 266 g/mol. The van der Waals surface area contributed by atoms with E-state index in [1.807, 2.05) is 13.0 Å². The van der Waals surface area contributed by atoms with Crippen LogP contribution in [-0.4, -0.2) is 29.1 Å². The van der Waals surface area contributed by atoms with Crippen LogP contribution >= 0.6 is 0 Å². The van der Waals surface area contributed by atoms with Crippen LogP contribution in [0.5, 0.6) is 0 Å². The molecule has 0 aliphatic heterocycles. The van der Waals surface area contributed by atoms with E-state index in [1.165, 1.54) is 26.4 Å². The zero-order valence-corrected chi connectivity index (χ0v) is 13.3. The van der Waals surface area contributed by atoms with E-state index >= 15 is 0 Å².